The molecule has 0 N–H and O–H groups in total. The van der Waals surface area contributed by atoms with E-state index in [1.807, 2.05) is 24.3 Å². The molecule has 0 saturated carbocycles. The van der Waals surface area contributed by atoms with E-state index in [1.54, 1.807) is 0 Å². The highest BCUT2D eigenvalue weighted by molar-refractivity contribution is 6.11. The Balaban J connectivity index is 2.18. The number of allylic oxidation sites excluding steroid dienone is 2. The molecule has 1 aliphatic heterocycles. The Morgan fingerprint density at radius 1 is 1.12 bits per heavy atom. The van der Waals surface area contributed by atoms with Crippen molar-refractivity contribution in [2.45, 2.75) is 11.8 Å². The summed E-state index contributed by atoms with van der Waals surface area (Å²) in [6.07, 6.45) is 2.95. The van der Waals surface area contributed by atoms with E-state index in [9.17, 15) is 9.59 Å². The summed E-state index contributed by atoms with van der Waals surface area (Å²) in [5, 5.41) is 0. The van der Waals surface area contributed by atoms with Crippen LogP contribution in [0.5, 0.6) is 5.75 Å². The number of ether oxygens (including phenoxy) is 1. The summed E-state index contributed by atoms with van der Waals surface area (Å²) in [6.45, 7) is 0.279. The van der Waals surface area contributed by atoms with Crippen molar-refractivity contribution in [2.24, 2.45) is 0 Å². The lowest BCUT2D eigenvalue weighted by atomic mass is 9.72. The fourth-order valence-corrected chi connectivity index (χ4v) is 2.39. The monoisotopic (exact) mass is 214 g/mol. The van der Waals surface area contributed by atoms with Gasteiger partial charge in [-0.3, -0.25) is 9.59 Å². The van der Waals surface area contributed by atoms with E-state index in [-0.39, 0.29) is 24.6 Å². The van der Waals surface area contributed by atoms with E-state index < -0.39 is 5.41 Å². The molecule has 1 aliphatic carbocycles. The van der Waals surface area contributed by atoms with E-state index in [0.717, 1.165) is 11.3 Å². The molecule has 16 heavy (non-hydrogen) atoms. The van der Waals surface area contributed by atoms with Crippen molar-refractivity contribution < 1.29 is 14.3 Å². The molecule has 2 aliphatic rings. The summed E-state index contributed by atoms with van der Waals surface area (Å²) in [6, 6.07) is 7.43. The van der Waals surface area contributed by atoms with Gasteiger partial charge in [0.15, 0.2) is 11.6 Å². The molecule has 0 radical (unpaired) electrons. The minimum atomic E-state index is -0.761. The molecule has 0 fully saturated rings. The number of benzene rings is 1. The molecule has 3 heteroatoms. The van der Waals surface area contributed by atoms with Crippen LogP contribution < -0.4 is 4.74 Å². The van der Waals surface area contributed by atoms with Crippen molar-refractivity contribution in [3.63, 3.8) is 0 Å². The molecule has 80 valence electrons. The van der Waals surface area contributed by atoms with Gasteiger partial charge in [0, 0.05) is 12.0 Å². The van der Waals surface area contributed by atoms with Crippen LogP contribution in [0.1, 0.15) is 12.0 Å². The van der Waals surface area contributed by atoms with E-state index in [4.69, 9.17) is 4.74 Å². The van der Waals surface area contributed by atoms with E-state index in [0.29, 0.717) is 0 Å². The molecular weight excluding hydrogens is 204 g/mol. The van der Waals surface area contributed by atoms with Gasteiger partial charge >= 0.3 is 0 Å². The van der Waals surface area contributed by atoms with Crippen molar-refractivity contribution in [3.8, 4) is 5.75 Å². The Morgan fingerprint density at radius 2 is 1.94 bits per heavy atom. The van der Waals surface area contributed by atoms with Crippen molar-refractivity contribution in [1.82, 2.24) is 0 Å². The van der Waals surface area contributed by atoms with Gasteiger partial charge in [-0.15, -0.1) is 0 Å². The largest absolute Gasteiger partial charge is 0.492 e. The maximum Gasteiger partial charge on any atom is 0.170 e. The first-order valence-electron chi connectivity index (χ1n) is 5.20. The molecule has 1 unspecified atom stereocenters. The molecule has 1 aromatic rings. The summed E-state index contributed by atoms with van der Waals surface area (Å²) >= 11 is 0. The number of para-hydroxylation sites is 1. The van der Waals surface area contributed by atoms with Gasteiger partial charge < -0.3 is 4.74 Å². The van der Waals surface area contributed by atoms with Gasteiger partial charge in [-0.2, -0.15) is 0 Å². The van der Waals surface area contributed by atoms with E-state index in [2.05, 4.69) is 0 Å². The average Bonchev–Trinajstić information content (AvgIpc) is 2.65. The predicted molar refractivity (Wildman–Crippen MR) is 57.4 cm³/mol. The first-order chi connectivity index (χ1) is 7.72. The number of hydrogen-bond donors (Lipinski definition) is 0. The first kappa shape index (κ1) is 9.33. The van der Waals surface area contributed by atoms with Crippen LogP contribution in [0.4, 0.5) is 0 Å². The Morgan fingerprint density at radius 3 is 2.81 bits per heavy atom. The van der Waals surface area contributed by atoms with Gasteiger partial charge in [0.2, 0.25) is 0 Å². The molecule has 0 bridgehead atoms. The molecule has 0 amide bonds. The maximum absolute atomic E-state index is 12.0. The third-order valence-corrected chi connectivity index (χ3v) is 3.24. The third kappa shape index (κ3) is 1.08. The second-order valence-corrected chi connectivity index (χ2v) is 4.21. The van der Waals surface area contributed by atoms with Crippen molar-refractivity contribution >= 4 is 11.6 Å². The molecule has 1 atom stereocenters. The topological polar surface area (TPSA) is 43.4 Å². The normalized spacial score (nSPS) is 27.0. The van der Waals surface area contributed by atoms with Gasteiger partial charge in [-0.05, 0) is 18.2 Å². The smallest absolute Gasteiger partial charge is 0.170 e. The number of fused-ring (bicyclic) bond motifs is 2. The zero-order chi connectivity index (χ0) is 11.2. The highest BCUT2D eigenvalue weighted by atomic mass is 16.5. The standard InChI is InChI=1S/C13H10O3/c14-9-5-6-12(15)13(7-9)8-16-11-4-2-1-3-10(11)13/h1-6H,7-8H2. The highest BCUT2D eigenvalue weighted by Gasteiger charge is 2.48. The zero-order valence-corrected chi connectivity index (χ0v) is 8.60. The Bertz CT molecular complexity index is 516. The number of carbonyl (C=O) groups is 2. The Labute approximate surface area is 92.7 Å². The predicted octanol–water partition coefficient (Wildman–Crippen LogP) is 1.41. The summed E-state index contributed by atoms with van der Waals surface area (Å²) in [7, 11) is 0. The third-order valence-electron chi connectivity index (χ3n) is 3.24. The fraction of sp³-hybridized carbons (Fsp3) is 0.231. The van der Waals surface area contributed by atoms with Crippen LogP contribution in [0, 0.1) is 0 Å². The number of ketones is 2. The van der Waals surface area contributed by atoms with Gasteiger partial charge in [-0.25, -0.2) is 0 Å². The van der Waals surface area contributed by atoms with Crippen molar-refractivity contribution in [3.05, 3.63) is 42.0 Å². The van der Waals surface area contributed by atoms with Crippen LogP contribution in [0.2, 0.25) is 0 Å². The summed E-state index contributed by atoms with van der Waals surface area (Å²) in [4.78, 5) is 23.5. The average molecular weight is 214 g/mol. The minimum Gasteiger partial charge on any atom is -0.492 e. The molecular formula is C13H10O3. The first-order valence-corrected chi connectivity index (χ1v) is 5.20. The van der Waals surface area contributed by atoms with Crippen LogP contribution in [0.25, 0.3) is 0 Å². The van der Waals surface area contributed by atoms with Crippen molar-refractivity contribution in [2.75, 3.05) is 6.61 Å². The lowest BCUT2D eigenvalue weighted by Gasteiger charge is -2.26. The zero-order valence-electron chi connectivity index (χ0n) is 8.60. The van der Waals surface area contributed by atoms with E-state index >= 15 is 0 Å². The van der Waals surface area contributed by atoms with Gasteiger partial charge in [0.1, 0.15) is 17.8 Å². The number of carbonyl (C=O) groups excluding carboxylic acids is 2. The summed E-state index contributed by atoms with van der Waals surface area (Å²) in [5.74, 6) is 0.677. The van der Waals surface area contributed by atoms with Crippen LogP contribution in [0.3, 0.4) is 0 Å². The molecule has 0 aromatic heterocycles. The maximum atomic E-state index is 12.0. The van der Waals surface area contributed by atoms with Gasteiger partial charge in [0.25, 0.3) is 0 Å². The second kappa shape index (κ2) is 3.04. The van der Waals surface area contributed by atoms with Gasteiger partial charge in [-0.1, -0.05) is 18.2 Å². The lowest BCUT2D eigenvalue weighted by Crippen LogP contribution is -2.40. The van der Waals surface area contributed by atoms with Crippen LogP contribution >= 0.6 is 0 Å². The molecule has 3 rings (SSSR count). The minimum absolute atomic E-state index is 0.0140. The van der Waals surface area contributed by atoms with Crippen LogP contribution in [0.15, 0.2) is 36.4 Å². The Kier molecular flexibility index (Phi) is 1.78. The van der Waals surface area contributed by atoms with Crippen LogP contribution in [-0.2, 0) is 15.0 Å². The van der Waals surface area contributed by atoms with Gasteiger partial charge in [0.05, 0.1) is 0 Å². The fourth-order valence-electron chi connectivity index (χ4n) is 2.39. The molecule has 3 nitrogen and oxygen atoms in total. The lowest BCUT2D eigenvalue weighted by molar-refractivity contribution is -0.126. The van der Waals surface area contributed by atoms with E-state index in [1.165, 1.54) is 12.2 Å². The molecule has 1 heterocycles. The Hall–Kier alpha value is -1.90. The molecule has 1 aromatic carbocycles. The molecule has 1 spiro atoms. The second-order valence-electron chi connectivity index (χ2n) is 4.21. The summed E-state index contributed by atoms with van der Waals surface area (Å²) in [5.41, 5.74) is 0.0836. The number of hydrogen-bond acceptors (Lipinski definition) is 3. The van der Waals surface area contributed by atoms with Crippen molar-refractivity contribution in [1.29, 1.82) is 0 Å². The number of rotatable bonds is 0. The van der Waals surface area contributed by atoms with Crippen LogP contribution in [-0.4, -0.2) is 18.2 Å². The summed E-state index contributed by atoms with van der Waals surface area (Å²) < 4.78 is 5.50. The quantitative estimate of drug-likeness (QED) is 0.656. The SMILES string of the molecule is O=C1C=CC(=O)C2(COc3ccccc32)C1. The highest BCUT2D eigenvalue weighted by Crippen LogP contribution is 2.43. The molecule has 0 saturated heterocycles.